The number of rotatable bonds is 3. The highest BCUT2D eigenvalue weighted by Gasteiger charge is 2.24. The first kappa shape index (κ1) is 13.7. The zero-order valence-corrected chi connectivity index (χ0v) is 12.0. The van der Waals surface area contributed by atoms with Crippen molar-refractivity contribution in [2.75, 3.05) is 7.05 Å². The number of hydrogen-bond donors (Lipinski definition) is 0. The monoisotopic (exact) mass is 286 g/mol. The van der Waals surface area contributed by atoms with Gasteiger partial charge in [-0.25, -0.2) is 9.67 Å². The molecular weight excluding hydrogens is 268 g/mol. The number of carbonyl (C=O) groups excluding carboxylic acids is 1. The van der Waals surface area contributed by atoms with Crippen LogP contribution in [0.3, 0.4) is 0 Å². The highest BCUT2D eigenvalue weighted by atomic mass is 16.2. The third-order valence-corrected chi connectivity index (χ3v) is 3.97. The molecule has 2 aromatic rings. The van der Waals surface area contributed by atoms with Crippen LogP contribution in [0.4, 0.5) is 0 Å². The van der Waals surface area contributed by atoms with E-state index in [1.54, 1.807) is 23.4 Å². The second kappa shape index (κ2) is 5.99. The minimum atomic E-state index is -0.0699. The second-order valence-electron chi connectivity index (χ2n) is 5.32. The summed E-state index contributed by atoms with van der Waals surface area (Å²) in [4.78, 5) is 18.1. The Labute approximate surface area is 123 Å². The normalized spacial score (nSPS) is 15.9. The molecule has 1 amide bonds. The Morgan fingerprint density at radius 2 is 2.05 bits per heavy atom. The Morgan fingerprint density at radius 3 is 2.67 bits per heavy atom. The fourth-order valence-corrected chi connectivity index (χ4v) is 2.70. The summed E-state index contributed by atoms with van der Waals surface area (Å²) in [5, 5.41) is 12.0. The zero-order chi connectivity index (χ0) is 14.7. The van der Waals surface area contributed by atoms with E-state index in [1.165, 1.54) is 30.3 Å². The van der Waals surface area contributed by atoms with Crippen molar-refractivity contribution in [3.8, 4) is 5.82 Å². The summed E-state index contributed by atoms with van der Waals surface area (Å²) in [5.74, 6) is 0.476. The third-order valence-electron chi connectivity index (χ3n) is 3.97. The van der Waals surface area contributed by atoms with E-state index >= 15 is 0 Å². The van der Waals surface area contributed by atoms with E-state index in [9.17, 15) is 4.79 Å². The van der Waals surface area contributed by atoms with Gasteiger partial charge in [-0.3, -0.25) is 4.79 Å². The van der Waals surface area contributed by atoms with E-state index in [2.05, 4.69) is 20.3 Å². The van der Waals surface area contributed by atoms with Crippen molar-refractivity contribution in [1.82, 2.24) is 29.9 Å². The molecule has 110 valence electrons. The van der Waals surface area contributed by atoms with Crippen molar-refractivity contribution in [3.63, 3.8) is 0 Å². The van der Waals surface area contributed by atoms with E-state index in [0.717, 1.165) is 12.8 Å². The van der Waals surface area contributed by atoms with Crippen LogP contribution in [0.15, 0.2) is 24.8 Å². The lowest BCUT2D eigenvalue weighted by Crippen LogP contribution is -2.38. The smallest absolute Gasteiger partial charge is 0.274 e. The fourth-order valence-electron chi connectivity index (χ4n) is 2.70. The van der Waals surface area contributed by atoms with Crippen molar-refractivity contribution in [2.24, 2.45) is 0 Å². The Kier molecular flexibility index (Phi) is 3.89. The van der Waals surface area contributed by atoms with Gasteiger partial charge in [0.2, 0.25) is 0 Å². The third kappa shape index (κ3) is 2.91. The van der Waals surface area contributed by atoms with E-state index in [1.807, 2.05) is 7.05 Å². The van der Waals surface area contributed by atoms with Gasteiger partial charge >= 0.3 is 0 Å². The first-order chi connectivity index (χ1) is 10.3. The van der Waals surface area contributed by atoms with E-state index in [4.69, 9.17) is 0 Å². The Hall–Kier alpha value is -2.31. The first-order valence-corrected chi connectivity index (χ1v) is 7.21. The van der Waals surface area contributed by atoms with Crippen LogP contribution < -0.4 is 0 Å². The van der Waals surface area contributed by atoms with Crippen LogP contribution in [0.1, 0.15) is 42.6 Å². The number of hydrogen-bond acceptors (Lipinski definition) is 5. The molecule has 2 aromatic heterocycles. The minimum absolute atomic E-state index is 0.0699. The minimum Gasteiger partial charge on any atom is -0.337 e. The Balaban J connectivity index is 1.72. The predicted octanol–water partition coefficient (Wildman–Crippen LogP) is 1.46. The summed E-state index contributed by atoms with van der Waals surface area (Å²) in [6.07, 6.45) is 8.78. The highest BCUT2D eigenvalue weighted by molar-refractivity contribution is 5.92. The van der Waals surface area contributed by atoms with E-state index in [0.29, 0.717) is 17.6 Å². The largest absolute Gasteiger partial charge is 0.337 e. The average molecular weight is 286 g/mol. The van der Waals surface area contributed by atoms with Crippen molar-refractivity contribution in [3.05, 3.63) is 30.5 Å². The van der Waals surface area contributed by atoms with Gasteiger partial charge in [-0.15, -0.1) is 10.2 Å². The number of nitrogens with zero attached hydrogens (tertiary/aromatic N) is 6. The molecule has 3 rings (SSSR count). The first-order valence-electron chi connectivity index (χ1n) is 7.21. The van der Waals surface area contributed by atoms with Gasteiger partial charge in [0.25, 0.3) is 5.91 Å². The van der Waals surface area contributed by atoms with Crippen LogP contribution in [0.5, 0.6) is 0 Å². The number of carbonyl (C=O) groups is 1. The summed E-state index contributed by atoms with van der Waals surface area (Å²) < 4.78 is 1.51. The molecule has 0 radical (unpaired) electrons. The highest BCUT2D eigenvalue weighted by Crippen LogP contribution is 2.22. The maximum Gasteiger partial charge on any atom is 0.274 e. The second-order valence-corrected chi connectivity index (χ2v) is 5.32. The van der Waals surface area contributed by atoms with Crippen LogP contribution in [-0.4, -0.2) is 48.9 Å². The van der Waals surface area contributed by atoms with Gasteiger partial charge in [-0.05, 0) is 25.0 Å². The lowest BCUT2D eigenvalue weighted by atomic mass is 9.94. The molecule has 21 heavy (non-hydrogen) atoms. The molecule has 0 atom stereocenters. The van der Waals surface area contributed by atoms with Gasteiger partial charge in [0.1, 0.15) is 12.7 Å². The molecule has 1 fully saturated rings. The molecule has 2 heterocycles. The van der Waals surface area contributed by atoms with E-state index < -0.39 is 0 Å². The van der Waals surface area contributed by atoms with E-state index in [-0.39, 0.29) is 5.91 Å². The molecule has 0 spiro atoms. The molecule has 0 unspecified atom stereocenters. The summed E-state index contributed by atoms with van der Waals surface area (Å²) >= 11 is 0. The molecule has 7 heteroatoms. The molecule has 7 nitrogen and oxygen atoms in total. The molecule has 1 aliphatic carbocycles. The van der Waals surface area contributed by atoms with Crippen LogP contribution >= 0.6 is 0 Å². The van der Waals surface area contributed by atoms with Crippen molar-refractivity contribution < 1.29 is 4.79 Å². The SMILES string of the molecule is CN(C(=O)c1ccc(-n2cncn2)nn1)C1CCCCC1. The molecule has 1 aliphatic rings. The maximum absolute atomic E-state index is 12.4. The van der Waals surface area contributed by atoms with Crippen molar-refractivity contribution >= 4 is 5.91 Å². The molecule has 0 aliphatic heterocycles. The zero-order valence-electron chi connectivity index (χ0n) is 12.0. The van der Waals surface area contributed by atoms with Crippen LogP contribution in [0.25, 0.3) is 5.82 Å². The summed E-state index contributed by atoms with van der Waals surface area (Å²) in [6.45, 7) is 0. The van der Waals surface area contributed by atoms with Gasteiger partial charge in [0, 0.05) is 13.1 Å². The molecule has 0 bridgehead atoms. The van der Waals surface area contributed by atoms with Gasteiger partial charge in [0.15, 0.2) is 11.5 Å². The Morgan fingerprint density at radius 1 is 1.24 bits per heavy atom. The van der Waals surface area contributed by atoms with Gasteiger partial charge in [-0.1, -0.05) is 19.3 Å². The van der Waals surface area contributed by atoms with Gasteiger partial charge in [-0.2, -0.15) is 5.10 Å². The summed E-state index contributed by atoms with van der Waals surface area (Å²) in [6, 6.07) is 3.73. The van der Waals surface area contributed by atoms with Crippen LogP contribution in [-0.2, 0) is 0 Å². The number of amides is 1. The molecule has 0 saturated heterocycles. The maximum atomic E-state index is 12.4. The fraction of sp³-hybridized carbons (Fsp3) is 0.500. The quantitative estimate of drug-likeness (QED) is 0.853. The molecular formula is C14H18N6O. The van der Waals surface area contributed by atoms with Gasteiger partial charge in [0.05, 0.1) is 0 Å². The van der Waals surface area contributed by atoms with Crippen LogP contribution in [0, 0.1) is 0 Å². The number of aromatic nitrogens is 5. The van der Waals surface area contributed by atoms with Crippen molar-refractivity contribution in [1.29, 1.82) is 0 Å². The average Bonchev–Trinajstić information content (AvgIpc) is 3.09. The van der Waals surface area contributed by atoms with Crippen LogP contribution in [0.2, 0.25) is 0 Å². The molecule has 0 aromatic carbocycles. The van der Waals surface area contributed by atoms with Gasteiger partial charge < -0.3 is 4.90 Å². The molecule has 0 N–H and O–H groups in total. The lowest BCUT2D eigenvalue weighted by Gasteiger charge is -2.30. The molecule has 1 saturated carbocycles. The topological polar surface area (TPSA) is 76.8 Å². The predicted molar refractivity (Wildman–Crippen MR) is 75.9 cm³/mol. The van der Waals surface area contributed by atoms with Crippen molar-refractivity contribution in [2.45, 2.75) is 38.1 Å². The summed E-state index contributed by atoms with van der Waals surface area (Å²) in [5.41, 5.74) is 0.368. The summed E-state index contributed by atoms with van der Waals surface area (Å²) in [7, 11) is 1.85. The Bertz CT molecular complexity index is 588. The lowest BCUT2D eigenvalue weighted by molar-refractivity contribution is 0.0689. The standard InChI is InChI=1S/C14H18N6O/c1-19(11-5-3-2-4-6-11)14(21)12-7-8-13(18-17-12)20-10-15-9-16-20/h7-11H,2-6H2,1H3.